The molecule has 0 N–H and O–H groups in total. The molecule has 0 unspecified atom stereocenters. The van der Waals surface area contributed by atoms with E-state index < -0.39 is 0 Å². The Balaban J connectivity index is -0.00000000138. The lowest BCUT2D eigenvalue weighted by Crippen LogP contribution is -3.59. The largest absolute Gasteiger partial charge is 0.358 e. The van der Waals surface area contributed by atoms with Crippen LogP contribution in [0.2, 0.25) is 0 Å². The molecule has 0 aliphatic carbocycles. The first-order chi connectivity index (χ1) is 2.41. The zero-order chi connectivity index (χ0) is 4.71. The van der Waals surface area contributed by atoms with Crippen molar-refractivity contribution < 1.29 is 21.2 Å². The van der Waals surface area contributed by atoms with Crippen molar-refractivity contribution in [3.63, 3.8) is 0 Å². The van der Waals surface area contributed by atoms with Gasteiger partial charge in [-0.05, 0) is 4.93 Å². The molecule has 0 amide bonds. The number of hydrogen-bond acceptors (Lipinski definition) is 0. The van der Waals surface area contributed by atoms with Crippen LogP contribution in [0, 0.1) is 14.9 Å². The molecule has 0 saturated heterocycles. The van der Waals surface area contributed by atoms with E-state index in [1.165, 1.54) is 0 Å². The molecule has 0 aliphatic rings. The van der Waals surface area contributed by atoms with Crippen molar-refractivity contribution in [2.24, 2.45) is 0 Å². The molecule has 0 aliphatic heterocycles. The molecular weight excluding hydrogens is 374 g/mol. The summed E-state index contributed by atoms with van der Waals surface area (Å²) in [6.07, 6.45) is 0. The van der Waals surface area contributed by atoms with Crippen LogP contribution < -0.4 is 21.2 Å². The summed E-state index contributed by atoms with van der Waals surface area (Å²) < 4.78 is 0. The maximum Gasteiger partial charge on any atom is 0.261 e. The number of hydrogen-bond donors (Lipinski definition) is 0. The Bertz CT molecular complexity index is 7.80. The zero-order valence-electron chi connectivity index (χ0n) is 5.76. The van der Waals surface area contributed by atoms with E-state index in [1.54, 1.807) is 0 Å². The maximum atomic E-state index is 2.24. The number of halogens is 2. The minimum atomic E-state index is 0. The lowest BCUT2D eigenvalue weighted by Gasteiger charge is -1.22. The van der Waals surface area contributed by atoms with Crippen molar-refractivity contribution in [3.05, 3.63) is 14.9 Å². The van der Waals surface area contributed by atoms with Crippen LogP contribution in [0.4, 0.5) is 0 Å². The fourth-order valence-electron chi connectivity index (χ4n) is 0. The summed E-state index contributed by atoms with van der Waals surface area (Å²) in [5.41, 5.74) is 0. The Hall–Kier alpha value is 1.46. The molecule has 0 aromatic carbocycles. The quantitative estimate of drug-likeness (QED) is 0.328. The van der Waals surface area contributed by atoms with Crippen LogP contribution >= 0.6 is 22.6 Å². The third-order valence-corrected chi connectivity index (χ3v) is 0. The second-order valence-corrected chi connectivity index (χ2v) is 2.54. The molecule has 90 valence electrons. The third-order valence-electron chi connectivity index (χ3n) is 0. The Morgan fingerprint density at radius 3 is 0.667 bits per heavy atom. The van der Waals surface area contributed by atoms with Gasteiger partial charge in [-0.1, -0.05) is 59.7 Å². The molecular formula is C10H35I2-. The Morgan fingerprint density at radius 2 is 0.667 bits per heavy atom. The molecule has 2 heteroatoms. The van der Waals surface area contributed by atoms with E-state index in [9.17, 15) is 0 Å². The smallest absolute Gasteiger partial charge is 0.261 e. The van der Waals surface area contributed by atoms with E-state index in [-0.39, 0.29) is 52.0 Å². The molecule has 12 heavy (non-hydrogen) atoms. The summed E-state index contributed by atoms with van der Waals surface area (Å²) in [6.45, 7) is 0. The average molecular weight is 409 g/mol. The van der Waals surface area contributed by atoms with Gasteiger partial charge in [-0.25, -0.2) is 0 Å². The molecule has 0 rings (SSSR count). The van der Waals surface area contributed by atoms with E-state index in [0.717, 1.165) is 0 Å². The first kappa shape index (κ1) is 105. The third kappa shape index (κ3) is 588. The first-order valence-corrected chi connectivity index (χ1v) is 7.61. The van der Waals surface area contributed by atoms with E-state index in [4.69, 9.17) is 0 Å². The van der Waals surface area contributed by atoms with E-state index >= 15 is 0 Å². The van der Waals surface area contributed by atoms with Crippen LogP contribution in [-0.4, -0.2) is 14.8 Å². The lowest BCUT2D eigenvalue weighted by atomic mass is 12.0. The van der Waals surface area contributed by atoms with Crippen LogP contribution in [0.5, 0.6) is 0 Å². The summed E-state index contributed by atoms with van der Waals surface area (Å²) in [5, 5.41) is 0. The van der Waals surface area contributed by atoms with E-state index in [0.29, 0.717) is 21.2 Å². The van der Waals surface area contributed by atoms with Gasteiger partial charge in [0, 0.05) is 0 Å². The molecule has 0 saturated carbocycles. The zero-order valence-corrected chi connectivity index (χ0v) is 10.1. The Morgan fingerprint density at radius 1 is 0.667 bits per heavy atom. The highest BCUT2D eigenvalue weighted by molar-refractivity contribution is 14.1. The van der Waals surface area contributed by atoms with Gasteiger partial charge in [0.2, 0.25) is 0 Å². The van der Waals surface area contributed by atoms with Gasteiger partial charge in [-0.3, -0.25) is 0 Å². The van der Waals surface area contributed by atoms with Crippen LogP contribution in [0.1, 0.15) is 37.1 Å². The van der Waals surface area contributed by atoms with Crippen LogP contribution in [0.15, 0.2) is 0 Å². The van der Waals surface area contributed by atoms with Crippen LogP contribution in [0.3, 0.4) is 0 Å². The molecule has 0 bridgehead atoms. The summed E-state index contributed by atoms with van der Waals surface area (Å²) in [4.78, 5) is 6.44. The monoisotopic (exact) mass is 409 g/mol. The molecule has 0 fully saturated rings. The standard InChI is InChI=1S/C2H6I.CH3I.5CH4.2CH3/c1-3-2;1-2;;;;;;;/h1-2H3;1H3;5*1H4;2*1H3/q+1;;;;;;;2*-1. The first-order valence-electron chi connectivity index (χ1n) is 1.13. The van der Waals surface area contributed by atoms with E-state index in [1.807, 2.05) is 4.93 Å². The van der Waals surface area contributed by atoms with Crippen molar-refractivity contribution in [2.45, 2.75) is 37.1 Å². The molecule has 0 nitrogen and oxygen atoms in total. The molecule has 0 atom stereocenters. The minimum Gasteiger partial charge on any atom is -0.358 e. The highest BCUT2D eigenvalue weighted by Gasteiger charge is 1.61. The van der Waals surface area contributed by atoms with Crippen LogP contribution in [0.25, 0.3) is 0 Å². The van der Waals surface area contributed by atoms with Crippen LogP contribution in [-0.2, 0) is 0 Å². The minimum absolute atomic E-state index is 0. The van der Waals surface area contributed by atoms with Gasteiger partial charge < -0.3 is 14.9 Å². The average Bonchev–Trinajstić information content (AvgIpc) is 1.46. The number of rotatable bonds is 0. The van der Waals surface area contributed by atoms with Crippen molar-refractivity contribution in [1.29, 1.82) is 0 Å². The van der Waals surface area contributed by atoms with Gasteiger partial charge in [0.1, 0.15) is 9.86 Å². The normalized spacial score (nSPS) is 2.00. The predicted octanol–water partition coefficient (Wildman–Crippen LogP) is 2.47. The fraction of sp³-hybridized carbons (Fsp3) is 0.800. The van der Waals surface area contributed by atoms with Crippen molar-refractivity contribution in [2.75, 3.05) is 14.8 Å². The molecule has 0 radical (unpaired) electrons. The maximum absolute atomic E-state index is 2.24. The van der Waals surface area contributed by atoms with Crippen molar-refractivity contribution in [3.8, 4) is 0 Å². The Labute approximate surface area is 110 Å². The Kier molecular flexibility index (Phi) is 2370. The van der Waals surface area contributed by atoms with Gasteiger partial charge in [0.15, 0.2) is 0 Å². The summed E-state index contributed by atoms with van der Waals surface area (Å²) in [5.74, 6) is 0. The van der Waals surface area contributed by atoms with Gasteiger partial charge in [-0.15, -0.1) is 0 Å². The number of alkyl halides is 3. The predicted molar refractivity (Wildman–Crippen MR) is 78.3 cm³/mol. The highest BCUT2D eigenvalue weighted by atomic mass is 127. The van der Waals surface area contributed by atoms with Gasteiger partial charge >= 0.3 is 0 Å². The highest BCUT2D eigenvalue weighted by Crippen LogP contribution is 1.48. The van der Waals surface area contributed by atoms with Gasteiger partial charge in [0.25, 0.3) is 21.2 Å². The second-order valence-electron chi connectivity index (χ2n) is 0.378. The topological polar surface area (TPSA) is 0 Å². The molecule has 0 spiro atoms. The van der Waals surface area contributed by atoms with Crippen molar-refractivity contribution >= 4 is 22.6 Å². The summed E-state index contributed by atoms with van der Waals surface area (Å²) in [6, 6.07) is 0. The summed E-state index contributed by atoms with van der Waals surface area (Å²) >= 11 is 2.74. The SMILES string of the molecule is C.C.C.C.C.CI.C[I+]C.[CH3-].[CH3-]. The second kappa shape index (κ2) is 270. The fourth-order valence-corrected chi connectivity index (χ4v) is 0. The molecule has 0 heterocycles. The molecule has 0 aromatic rings. The van der Waals surface area contributed by atoms with Crippen molar-refractivity contribution in [1.82, 2.24) is 0 Å². The molecule has 0 aromatic heterocycles. The van der Waals surface area contributed by atoms with Gasteiger partial charge in [0.05, 0.1) is 0 Å². The van der Waals surface area contributed by atoms with Gasteiger partial charge in [-0.2, -0.15) is 0 Å². The summed E-state index contributed by atoms with van der Waals surface area (Å²) in [7, 11) is 0. The lowest BCUT2D eigenvalue weighted by molar-refractivity contribution is -0.597. The van der Waals surface area contributed by atoms with E-state index in [2.05, 4.69) is 32.5 Å².